The topological polar surface area (TPSA) is 108 Å². The van der Waals surface area contributed by atoms with Crippen molar-refractivity contribution in [1.29, 1.82) is 0 Å². The Morgan fingerprint density at radius 1 is 1.12 bits per heavy atom. The Kier molecular flexibility index (Phi) is 9.12. The molecule has 0 aromatic heterocycles. The standard InChI is InChI=1S/C24H39N3O5/c1-10-24(8,9)27(19(29)14-25-22(31)32-23(5,6)7)20(21(30)26-15(2)3)17-11-12-18(28)16(4)13-17/h11-13,15,20,28H,10,14H2,1-9H3,(H,25,31)(H,26,30). The number of nitrogens with one attached hydrogen (secondary N) is 2. The number of benzene rings is 1. The number of hydrogen-bond acceptors (Lipinski definition) is 5. The van der Waals surface area contributed by atoms with E-state index in [1.807, 2.05) is 34.6 Å². The molecule has 1 aromatic carbocycles. The Morgan fingerprint density at radius 2 is 1.72 bits per heavy atom. The van der Waals surface area contributed by atoms with E-state index in [0.29, 0.717) is 17.5 Å². The van der Waals surface area contributed by atoms with Crippen LogP contribution < -0.4 is 10.6 Å². The van der Waals surface area contributed by atoms with Gasteiger partial charge in [0.15, 0.2) is 0 Å². The van der Waals surface area contributed by atoms with E-state index in [9.17, 15) is 19.5 Å². The summed E-state index contributed by atoms with van der Waals surface area (Å²) in [5, 5.41) is 15.4. The summed E-state index contributed by atoms with van der Waals surface area (Å²) < 4.78 is 5.23. The fourth-order valence-electron chi connectivity index (χ4n) is 3.18. The minimum absolute atomic E-state index is 0.107. The summed E-state index contributed by atoms with van der Waals surface area (Å²) in [7, 11) is 0. The van der Waals surface area contributed by atoms with Gasteiger partial charge in [0.05, 0.1) is 0 Å². The minimum atomic E-state index is -0.945. The first-order valence-electron chi connectivity index (χ1n) is 11.0. The van der Waals surface area contributed by atoms with Gasteiger partial charge in [0.25, 0.3) is 0 Å². The number of phenolic OH excluding ortho intramolecular Hbond substituents is 1. The van der Waals surface area contributed by atoms with Gasteiger partial charge in [-0.25, -0.2) is 4.79 Å². The van der Waals surface area contributed by atoms with Gasteiger partial charge in [-0.3, -0.25) is 9.59 Å². The van der Waals surface area contributed by atoms with Gasteiger partial charge in [-0.2, -0.15) is 0 Å². The highest BCUT2D eigenvalue weighted by atomic mass is 16.6. The van der Waals surface area contributed by atoms with Crippen LogP contribution in [0.15, 0.2) is 18.2 Å². The van der Waals surface area contributed by atoms with E-state index in [2.05, 4.69) is 10.6 Å². The van der Waals surface area contributed by atoms with Crippen molar-refractivity contribution in [2.24, 2.45) is 0 Å². The van der Waals surface area contributed by atoms with Gasteiger partial charge < -0.3 is 25.4 Å². The third-order valence-corrected chi connectivity index (χ3v) is 5.04. The third-order valence-electron chi connectivity index (χ3n) is 5.04. The van der Waals surface area contributed by atoms with Crippen LogP contribution in [0.2, 0.25) is 0 Å². The van der Waals surface area contributed by atoms with Crippen LogP contribution in [-0.2, 0) is 14.3 Å². The number of phenols is 1. The number of alkyl carbamates (subject to hydrolysis) is 1. The lowest BCUT2D eigenvalue weighted by molar-refractivity contribution is -0.147. The first-order valence-corrected chi connectivity index (χ1v) is 11.0. The number of aryl methyl sites for hydroxylation is 1. The molecule has 0 saturated carbocycles. The summed E-state index contributed by atoms with van der Waals surface area (Å²) in [6, 6.07) is 3.78. The zero-order valence-corrected chi connectivity index (χ0v) is 20.8. The van der Waals surface area contributed by atoms with Gasteiger partial charge in [-0.15, -0.1) is 0 Å². The summed E-state index contributed by atoms with van der Waals surface area (Å²) in [6.07, 6.45) is -0.128. The molecular formula is C24H39N3O5. The minimum Gasteiger partial charge on any atom is -0.508 e. The average molecular weight is 450 g/mol. The molecule has 0 aliphatic heterocycles. The highest BCUT2D eigenvalue weighted by Gasteiger charge is 2.40. The second kappa shape index (κ2) is 10.7. The maximum Gasteiger partial charge on any atom is 0.408 e. The number of nitrogens with zero attached hydrogens (tertiary/aromatic N) is 1. The molecule has 8 nitrogen and oxygen atoms in total. The van der Waals surface area contributed by atoms with E-state index in [0.717, 1.165) is 0 Å². The van der Waals surface area contributed by atoms with Crippen molar-refractivity contribution in [3.63, 3.8) is 0 Å². The maximum atomic E-state index is 13.4. The summed E-state index contributed by atoms with van der Waals surface area (Å²) >= 11 is 0. The van der Waals surface area contributed by atoms with Gasteiger partial charge >= 0.3 is 6.09 Å². The van der Waals surface area contributed by atoms with Crippen LogP contribution in [0.25, 0.3) is 0 Å². The normalized spacial score (nSPS) is 12.8. The third kappa shape index (κ3) is 7.73. The highest BCUT2D eigenvalue weighted by molar-refractivity contribution is 5.91. The van der Waals surface area contributed by atoms with Crippen molar-refractivity contribution in [3.8, 4) is 5.75 Å². The average Bonchev–Trinajstić information content (AvgIpc) is 2.64. The number of amides is 3. The second-order valence-corrected chi connectivity index (χ2v) is 9.90. The quantitative estimate of drug-likeness (QED) is 0.559. The summed E-state index contributed by atoms with van der Waals surface area (Å²) in [5.74, 6) is -0.648. The van der Waals surface area contributed by atoms with Crippen molar-refractivity contribution in [1.82, 2.24) is 15.5 Å². The van der Waals surface area contributed by atoms with Crippen molar-refractivity contribution in [3.05, 3.63) is 29.3 Å². The molecule has 0 bridgehead atoms. The molecule has 0 aliphatic carbocycles. The molecule has 32 heavy (non-hydrogen) atoms. The summed E-state index contributed by atoms with van der Waals surface area (Å²) in [4.78, 5) is 40.3. The van der Waals surface area contributed by atoms with E-state index in [1.165, 1.54) is 11.0 Å². The van der Waals surface area contributed by atoms with Crippen LogP contribution in [-0.4, -0.2) is 51.6 Å². The second-order valence-electron chi connectivity index (χ2n) is 9.90. The monoisotopic (exact) mass is 449 g/mol. The molecule has 0 saturated heterocycles. The van der Waals surface area contributed by atoms with Crippen LogP contribution in [0.5, 0.6) is 5.75 Å². The number of aromatic hydroxyl groups is 1. The van der Waals surface area contributed by atoms with Gasteiger partial charge in [0, 0.05) is 11.6 Å². The van der Waals surface area contributed by atoms with Crippen LogP contribution in [0, 0.1) is 6.92 Å². The van der Waals surface area contributed by atoms with Gasteiger partial charge in [0.1, 0.15) is 23.9 Å². The first kappa shape index (κ1) is 27.3. The zero-order valence-electron chi connectivity index (χ0n) is 20.8. The molecule has 0 radical (unpaired) electrons. The Hall–Kier alpha value is -2.77. The predicted octanol–water partition coefficient (Wildman–Crippen LogP) is 3.81. The molecule has 0 fully saturated rings. The molecule has 1 rings (SSSR count). The molecule has 0 spiro atoms. The Morgan fingerprint density at radius 3 is 2.19 bits per heavy atom. The van der Waals surface area contributed by atoms with Crippen LogP contribution in [0.4, 0.5) is 4.79 Å². The Bertz CT molecular complexity index is 827. The number of carbonyl (C=O) groups is 3. The predicted molar refractivity (Wildman–Crippen MR) is 124 cm³/mol. The number of ether oxygens (including phenoxy) is 1. The molecule has 1 aromatic rings. The van der Waals surface area contributed by atoms with Gasteiger partial charge in [-0.1, -0.05) is 13.0 Å². The molecule has 8 heteroatoms. The van der Waals surface area contributed by atoms with Crippen molar-refractivity contribution in [2.45, 2.75) is 92.0 Å². The summed E-state index contributed by atoms with van der Waals surface area (Å²) in [5.41, 5.74) is -0.222. The highest BCUT2D eigenvalue weighted by Crippen LogP contribution is 2.33. The molecular weight excluding hydrogens is 410 g/mol. The van der Waals surface area contributed by atoms with Gasteiger partial charge in [-0.05, 0) is 85.1 Å². The van der Waals surface area contributed by atoms with Crippen molar-refractivity contribution >= 4 is 17.9 Å². The number of rotatable bonds is 8. The lowest BCUT2D eigenvalue weighted by atomic mass is 9.92. The Labute approximate surface area is 191 Å². The molecule has 1 unspecified atom stereocenters. The first-order chi connectivity index (χ1) is 14.6. The van der Waals surface area contributed by atoms with E-state index < -0.39 is 29.2 Å². The van der Waals surface area contributed by atoms with Crippen molar-refractivity contribution in [2.75, 3.05) is 6.54 Å². The molecule has 0 aliphatic rings. The zero-order chi connectivity index (χ0) is 24.9. The van der Waals surface area contributed by atoms with E-state index >= 15 is 0 Å². The summed E-state index contributed by atoms with van der Waals surface area (Å²) in [6.45, 7) is 16.0. The fraction of sp³-hybridized carbons (Fsp3) is 0.625. The van der Waals surface area contributed by atoms with Gasteiger partial charge in [0.2, 0.25) is 11.8 Å². The maximum absolute atomic E-state index is 13.4. The fourth-order valence-corrected chi connectivity index (χ4v) is 3.18. The molecule has 3 N–H and O–H groups in total. The number of carbonyl (C=O) groups excluding carboxylic acids is 3. The SMILES string of the molecule is CCC(C)(C)N(C(=O)CNC(=O)OC(C)(C)C)C(C(=O)NC(C)C)c1ccc(O)c(C)c1. The molecule has 1 atom stereocenters. The van der Waals surface area contributed by atoms with E-state index in [4.69, 9.17) is 4.74 Å². The largest absolute Gasteiger partial charge is 0.508 e. The molecule has 3 amide bonds. The molecule has 180 valence electrons. The number of hydrogen-bond donors (Lipinski definition) is 3. The van der Waals surface area contributed by atoms with Crippen LogP contribution >= 0.6 is 0 Å². The molecule has 0 heterocycles. The van der Waals surface area contributed by atoms with E-state index in [1.54, 1.807) is 39.8 Å². The van der Waals surface area contributed by atoms with Crippen molar-refractivity contribution < 1.29 is 24.2 Å². The van der Waals surface area contributed by atoms with Crippen LogP contribution in [0.3, 0.4) is 0 Å². The lowest BCUT2D eigenvalue weighted by Crippen LogP contribution is -2.56. The van der Waals surface area contributed by atoms with Crippen LogP contribution in [0.1, 0.15) is 79.0 Å². The Balaban J connectivity index is 3.39. The smallest absolute Gasteiger partial charge is 0.408 e. The lowest BCUT2D eigenvalue weighted by Gasteiger charge is -2.43. The van der Waals surface area contributed by atoms with E-state index in [-0.39, 0.29) is 24.2 Å².